The van der Waals surface area contributed by atoms with Gasteiger partial charge in [0.05, 0.1) is 12.1 Å². The molecule has 1 amide bonds. The van der Waals surface area contributed by atoms with E-state index in [-0.39, 0.29) is 30.0 Å². The molecule has 2 atom stereocenters. The summed E-state index contributed by atoms with van der Waals surface area (Å²) in [6.45, 7) is 8.21. The Balaban J connectivity index is 0.00000242. The van der Waals surface area contributed by atoms with E-state index in [2.05, 4.69) is 19.2 Å². The lowest BCUT2D eigenvalue weighted by atomic mass is 9.89. The second kappa shape index (κ2) is 7.34. The summed E-state index contributed by atoms with van der Waals surface area (Å²) in [4.78, 5) is 12.3. The number of nitrogens with two attached hydrogens (primary N) is 1. The van der Waals surface area contributed by atoms with Crippen LogP contribution >= 0.6 is 12.4 Å². The van der Waals surface area contributed by atoms with Gasteiger partial charge in [-0.05, 0) is 32.3 Å². The van der Waals surface area contributed by atoms with Crippen molar-refractivity contribution in [3.05, 3.63) is 29.8 Å². The summed E-state index contributed by atoms with van der Waals surface area (Å²) >= 11 is 0. The number of carbonyl (C=O) groups excluding carboxylic acids is 1. The van der Waals surface area contributed by atoms with E-state index in [9.17, 15) is 4.79 Å². The zero-order chi connectivity index (χ0) is 15.6. The van der Waals surface area contributed by atoms with Crippen LogP contribution in [-0.2, 0) is 4.79 Å². The number of amides is 1. The molecule has 0 bridgehead atoms. The van der Waals surface area contributed by atoms with Crippen molar-refractivity contribution in [2.75, 3.05) is 0 Å². The van der Waals surface area contributed by atoms with Gasteiger partial charge in [-0.3, -0.25) is 4.79 Å². The molecule has 1 heterocycles. The summed E-state index contributed by atoms with van der Waals surface area (Å²) in [6.07, 6.45) is 1.43. The van der Waals surface area contributed by atoms with Crippen molar-refractivity contribution >= 4 is 18.3 Å². The number of para-hydroxylation sites is 1. The molecule has 124 valence electrons. The van der Waals surface area contributed by atoms with Gasteiger partial charge < -0.3 is 15.8 Å². The normalized spacial score (nSPS) is 20.4. The van der Waals surface area contributed by atoms with E-state index in [1.165, 1.54) is 0 Å². The third-order valence-electron chi connectivity index (χ3n) is 3.75. The fourth-order valence-electron chi connectivity index (χ4n) is 2.82. The maximum Gasteiger partial charge on any atom is 0.237 e. The quantitative estimate of drug-likeness (QED) is 0.893. The molecule has 0 saturated heterocycles. The van der Waals surface area contributed by atoms with Gasteiger partial charge in [0.15, 0.2) is 0 Å². The highest BCUT2D eigenvalue weighted by molar-refractivity contribution is 5.85. The molecule has 0 spiro atoms. The standard InChI is InChI=1S/C17H26N2O2.ClH/c1-11(2)9-13(18)16(20)19-14-10-17(3,4)21-15-8-6-5-7-12(14)15;/h5-8,11,13-14H,9-10,18H2,1-4H3,(H,19,20);1H/t13-,14?;/m0./s1. The fourth-order valence-corrected chi connectivity index (χ4v) is 2.82. The van der Waals surface area contributed by atoms with Crippen LogP contribution in [0.4, 0.5) is 0 Å². The van der Waals surface area contributed by atoms with Gasteiger partial charge in [0.1, 0.15) is 11.4 Å². The molecule has 0 aliphatic carbocycles. The number of ether oxygens (including phenoxy) is 1. The molecule has 2 rings (SSSR count). The Morgan fingerprint density at radius 1 is 1.41 bits per heavy atom. The number of nitrogens with one attached hydrogen (secondary N) is 1. The topological polar surface area (TPSA) is 64.4 Å². The minimum atomic E-state index is -0.455. The molecule has 0 aromatic heterocycles. The molecule has 5 heteroatoms. The van der Waals surface area contributed by atoms with Gasteiger partial charge >= 0.3 is 0 Å². The largest absolute Gasteiger partial charge is 0.487 e. The van der Waals surface area contributed by atoms with Gasteiger partial charge in [-0.15, -0.1) is 12.4 Å². The molecule has 0 radical (unpaired) electrons. The number of fused-ring (bicyclic) bond motifs is 1. The monoisotopic (exact) mass is 326 g/mol. The Morgan fingerprint density at radius 2 is 2.05 bits per heavy atom. The molecule has 1 aromatic carbocycles. The third-order valence-corrected chi connectivity index (χ3v) is 3.75. The third kappa shape index (κ3) is 4.62. The number of benzene rings is 1. The number of rotatable bonds is 4. The summed E-state index contributed by atoms with van der Waals surface area (Å²) in [5.41, 5.74) is 6.71. The molecule has 1 aliphatic heterocycles. The van der Waals surface area contributed by atoms with Crippen molar-refractivity contribution in [3.63, 3.8) is 0 Å². The zero-order valence-electron chi connectivity index (χ0n) is 13.8. The van der Waals surface area contributed by atoms with E-state index in [1.807, 2.05) is 38.1 Å². The lowest BCUT2D eigenvalue weighted by Gasteiger charge is -2.38. The number of hydrogen-bond donors (Lipinski definition) is 2. The van der Waals surface area contributed by atoms with E-state index in [0.29, 0.717) is 12.3 Å². The predicted molar refractivity (Wildman–Crippen MR) is 91.3 cm³/mol. The molecular formula is C17H27ClN2O2. The van der Waals surface area contributed by atoms with Crippen LogP contribution in [0.25, 0.3) is 0 Å². The Hall–Kier alpha value is -1.26. The molecule has 22 heavy (non-hydrogen) atoms. The zero-order valence-corrected chi connectivity index (χ0v) is 14.6. The highest BCUT2D eigenvalue weighted by Crippen LogP contribution is 2.39. The van der Waals surface area contributed by atoms with Crippen LogP contribution in [0.1, 0.15) is 52.1 Å². The van der Waals surface area contributed by atoms with Crippen LogP contribution < -0.4 is 15.8 Å². The smallest absolute Gasteiger partial charge is 0.237 e. The molecular weight excluding hydrogens is 300 g/mol. The summed E-state index contributed by atoms with van der Waals surface area (Å²) in [5.74, 6) is 1.17. The first kappa shape index (κ1) is 18.8. The first-order valence-corrected chi connectivity index (χ1v) is 7.62. The first-order valence-electron chi connectivity index (χ1n) is 7.62. The second-order valence-electron chi connectivity index (χ2n) is 6.90. The van der Waals surface area contributed by atoms with Crippen molar-refractivity contribution in [3.8, 4) is 5.75 Å². The maximum atomic E-state index is 12.3. The molecule has 0 fully saturated rings. The molecule has 1 aliphatic rings. The van der Waals surface area contributed by atoms with Crippen LogP contribution in [0.2, 0.25) is 0 Å². The average molecular weight is 327 g/mol. The van der Waals surface area contributed by atoms with Crippen molar-refractivity contribution in [1.82, 2.24) is 5.32 Å². The molecule has 3 N–H and O–H groups in total. The maximum absolute atomic E-state index is 12.3. The summed E-state index contributed by atoms with van der Waals surface area (Å²) in [6, 6.07) is 7.36. The van der Waals surface area contributed by atoms with Crippen molar-refractivity contribution in [2.24, 2.45) is 11.7 Å². The van der Waals surface area contributed by atoms with Gasteiger partial charge in [-0.1, -0.05) is 32.0 Å². The second-order valence-corrected chi connectivity index (χ2v) is 6.90. The average Bonchev–Trinajstić information content (AvgIpc) is 2.36. The Labute approximate surface area is 139 Å². The molecule has 4 nitrogen and oxygen atoms in total. The summed E-state index contributed by atoms with van der Waals surface area (Å²) in [5, 5.41) is 3.09. The first-order chi connectivity index (χ1) is 9.78. The van der Waals surface area contributed by atoms with Crippen molar-refractivity contribution in [2.45, 2.75) is 58.2 Å². The Morgan fingerprint density at radius 3 is 2.68 bits per heavy atom. The summed E-state index contributed by atoms with van der Waals surface area (Å²) < 4.78 is 5.97. The van der Waals surface area contributed by atoms with E-state index >= 15 is 0 Å². The van der Waals surface area contributed by atoms with Crippen molar-refractivity contribution in [1.29, 1.82) is 0 Å². The van der Waals surface area contributed by atoms with Gasteiger partial charge in [0.2, 0.25) is 5.91 Å². The highest BCUT2D eigenvalue weighted by Gasteiger charge is 2.34. The SMILES string of the molecule is CC(C)C[C@H](N)C(=O)NC1CC(C)(C)Oc2ccccc21.Cl. The fraction of sp³-hybridized carbons (Fsp3) is 0.588. The highest BCUT2D eigenvalue weighted by atomic mass is 35.5. The molecule has 0 saturated carbocycles. The van der Waals surface area contributed by atoms with Crippen molar-refractivity contribution < 1.29 is 9.53 Å². The Bertz CT molecular complexity index is 517. The minimum absolute atomic E-state index is 0. The van der Waals surface area contributed by atoms with Crippen LogP contribution in [0.3, 0.4) is 0 Å². The van der Waals surface area contributed by atoms with E-state index in [4.69, 9.17) is 10.5 Å². The van der Waals surface area contributed by atoms with Gasteiger partial charge in [-0.2, -0.15) is 0 Å². The number of hydrogen-bond acceptors (Lipinski definition) is 3. The lowest BCUT2D eigenvalue weighted by Crippen LogP contribution is -2.46. The molecule has 1 aromatic rings. The van der Waals surface area contributed by atoms with Crippen LogP contribution in [-0.4, -0.2) is 17.6 Å². The summed E-state index contributed by atoms with van der Waals surface area (Å²) in [7, 11) is 0. The van der Waals surface area contributed by atoms with Crippen LogP contribution in [0.5, 0.6) is 5.75 Å². The van der Waals surface area contributed by atoms with E-state index in [1.54, 1.807) is 0 Å². The van der Waals surface area contributed by atoms with Crippen LogP contribution in [0, 0.1) is 5.92 Å². The van der Waals surface area contributed by atoms with Crippen LogP contribution in [0.15, 0.2) is 24.3 Å². The van der Waals surface area contributed by atoms with Gasteiger partial charge in [0.25, 0.3) is 0 Å². The lowest BCUT2D eigenvalue weighted by molar-refractivity contribution is -0.124. The predicted octanol–water partition coefficient (Wildman–Crippen LogP) is 3.20. The van der Waals surface area contributed by atoms with Gasteiger partial charge in [0, 0.05) is 12.0 Å². The Kier molecular flexibility index (Phi) is 6.27. The minimum Gasteiger partial charge on any atom is -0.487 e. The van der Waals surface area contributed by atoms with E-state index in [0.717, 1.165) is 17.7 Å². The number of carbonyl (C=O) groups is 1. The van der Waals surface area contributed by atoms with Gasteiger partial charge in [-0.25, -0.2) is 0 Å². The molecule has 1 unspecified atom stereocenters. The number of halogens is 1. The van der Waals surface area contributed by atoms with E-state index < -0.39 is 6.04 Å².